The first-order chi connectivity index (χ1) is 11.4. The Kier molecular flexibility index (Phi) is 6.63. The Hall–Kier alpha value is -1.59. The first kappa shape index (κ1) is 18.7. The molecule has 5 heteroatoms. The number of piperidine rings is 1. The van der Waals surface area contributed by atoms with E-state index in [0.717, 1.165) is 37.2 Å². The predicted molar refractivity (Wildman–Crippen MR) is 95.3 cm³/mol. The lowest BCUT2D eigenvalue weighted by molar-refractivity contribution is -0.134. The molecular weight excluding hydrogens is 304 g/mol. The number of carbonyl (C=O) groups is 1. The summed E-state index contributed by atoms with van der Waals surface area (Å²) in [6, 6.07) is 6.05. The summed E-state index contributed by atoms with van der Waals surface area (Å²) in [5.74, 6) is 1.17. The summed E-state index contributed by atoms with van der Waals surface area (Å²) >= 11 is 0. The minimum Gasteiger partial charge on any atom is -0.491 e. The number of β-amino-alcohol motifs (C(OH)–C–C–N with tert-alkyl or cyclic N) is 1. The van der Waals surface area contributed by atoms with Crippen LogP contribution < -0.4 is 4.74 Å². The molecule has 1 aromatic carbocycles. The lowest BCUT2D eigenvalue weighted by Gasteiger charge is -2.33. The molecule has 1 N–H and O–H groups in total. The lowest BCUT2D eigenvalue weighted by Crippen LogP contribution is -2.43. The maximum Gasteiger partial charge on any atom is 0.225 e. The molecule has 24 heavy (non-hydrogen) atoms. The van der Waals surface area contributed by atoms with E-state index in [9.17, 15) is 9.90 Å². The van der Waals surface area contributed by atoms with Gasteiger partial charge in [0.25, 0.3) is 0 Å². The zero-order valence-electron chi connectivity index (χ0n) is 15.3. The molecule has 0 bridgehead atoms. The zero-order chi connectivity index (χ0) is 17.7. The van der Waals surface area contributed by atoms with E-state index in [1.807, 2.05) is 33.2 Å². The van der Waals surface area contributed by atoms with Gasteiger partial charge in [0.2, 0.25) is 5.91 Å². The molecule has 134 valence electrons. The molecule has 0 aromatic heterocycles. The van der Waals surface area contributed by atoms with Gasteiger partial charge in [0.05, 0.1) is 0 Å². The third-order valence-corrected chi connectivity index (χ3v) is 4.61. The van der Waals surface area contributed by atoms with Crippen LogP contribution >= 0.6 is 0 Å². The summed E-state index contributed by atoms with van der Waals surface area (Å²) in [5, 5.41) is 10.2. The Labute approximate surface area is 145 Å². The molecule has 0 spiro atoms. The molecule has 1 atom stereocenters. The molecule has 1 unspecified atom stereocenters. The highest BCUT2D eigenvalue weighted by Gasteiger charge is 2.26. The second kappa shape index (κ2) is 8.49. The van der Waals surface area contributed by atoms with Crippen LogP contribution in [-0.2, 0) is 4.79 Å². The molecule has 0 saturated carbocycles. The van der Waals surface area contributed by atoms with Gasteiger partial charge in [-0.2, -0.15) is 0 Å². The fraction of sp³-hybridized carbons (Fsp3) is 0.632. The van der Waals surface area contributed by atoms with Gasteiger partial charge in [0.1, 0.15) is 18.5 Å². The average molecular weight is 334 g/mol. The van der Waals surface area contributed by atoms with Crippen molar-refractivity contribution >= 4 is 5.91 Å². The van der Waals surface area contributed by atoms with E-state index in [-0.39, 0.29) is 11.8 Å². The van der Waals surface area contributed by atoms with E-state index in [1.165, 1.54) is 5.56 Å². The molecular formula is C19H30N2O3. The number of aliphatic hydroxyl groups excluding tert-OH is 1. The van der Waals surface area contributed by atoms with Crippen LogP contribution in [0.3, 0.4) is 0 Å². The van der Waals surface area contributed by atoms with E-state index in [4.69, 9.17) is 4.74 Å². The van der Waals surface area contributed by atoms with Gasteiger partial charge in [-0.25, -0.2) is 0 Å². The Morgan fingerprint density at radius 1 is 1.33 bits per heavy atom. The molecule has 1 aromatic rings. The number of nitrogens with zero attached hydrogens (tertiary/aromatic N) is 2. The monoisotopic (exact) mass is 334 g/mol. The van der Waals surface area contributed by atoms with E-state index in [1.54, 1.807) is 4.90 Å². The van der Waals surface area contributed by atoms with Gasteiger partial charge in [-0.3, -0.25) is 4.79 Å². The summed E-state index contributed by atoms with van der Waals surface area (Å²) in [6.45, 7) is 6.65. The van der Waals surface area contributed by atoms with Crippen molar-refractivity contribution in [3.63, 3.8) is 0 Å². The topological polar surface area (TPSA) is 53.0 Å². The van der Waals surface area contributed by atoms with Crippen molar-refractivity contribution in [2.45, 2.75) is 32.8 Å². The number of ether oxygens (including phenoxy) is 1. The second-order valence-electron chi connectivity index (χ2n) is 7.04. The summed E-state index contributed by atoms with van der Waals surface area (Å²) in [7, 11) is 3.62. The normalized spacial score (nSPS) is 17.5. The standard InChI is InChI=1S/C19H30N2O3/c1-14-5-6-18(15(2)11-14)24-13-17(22)12-21-9-7-16(8-10-21)19(23)20(3)4/h5-6,11,16-17,22H,7-10,12-13H2,1-4H3. The molecule has 1 saturated heterocycles. The number of hydrogen-bond acceptors (Lipinski definition) is 4. The number of hydrogen-bond donors (Lipinski definition) is 1. The Balaban J connectivity index is 1.73. The van der Waals surface area contributed by atoms with Crippen LogP contribution in [0.15, 0.2) is 18.2 Å². The van der Waals surface area contributed by atoms with Crippen molar-refractivity contribution in [1.29, 1.82) is 0 Å². The van der Waals surface area contributed by atoms with Crippen molar-refractivity contribution in [2.24, 2.45) is 5.92 Å². The van der Waals surface area contributed by atoms with Gasteiger partial charge in [-0.1, -0.05) is 17.7 Å². The maximum atomic E-state index is 12.0. The highest BCUT2D eigenvalue weighted by molar-refractivity contribution is 5.78. The van der Waals surface area contributed by atoms with Crippen LogP contribution in [0.1, 0.15) is 24.0 Å². The average Bonchev–Trinajstić information content (AvgIpc) is 2.54. The summed E-state index contributed by atoms with van der Waals surface area (Å²) in [6.07, 6.45) is 1.20. The highest BCUT2D eigenvalue weighted by Crippen LogP contribution is 2.20. The predicted octanol–water partition coefficient (Wildman–Crippen LogP) is 1.84. The van der Waals surface area contributed by atoms with Crippen molar-refractivity contribution in [3.05, 3.63) is 29.3 Å². The van der Waals surface area contributed by atoms with Crippen molar-refractivity contribution in [2.75, 3.05) is 40.3 Å². The van der Waals surface area contributed by atoms with Gasteiger partial charge >= 0.3 is 0 Å². The number of rotatable bonds is 6. The molecule has 1 heterocycles. The van der Waals surface area contributed by atoms with Crippen molar-refractivity contribution in [1.82, 2.24) is 9.80 Å². The summed E-state index contributed by atoms with van der Waals surface area (Å²) in [4.78, 5) is 15.9. The summed E-state index contributed by atoms with van der Waals surface area (Å²) < 4.78 is 5.75. The third-order valence-electron chi connectivity index (χ3n) is 4.61. The molecule has 1 aliphatic heterocycles. The highest BCUT2D eigenvalue weighted by atomic mass is 16.5. The quantitative estimate of drug-likeness (QED) is 0.862. The fourth-order valence-electron chi connectivity index (χ4n) is 3.23. The van der Waals surface area contributed by atoms with Crippen molar-refractivity contribution < 1.29 is 14.6 Å². The van der Waals surface area contributed by atoms with Crippen LogP contribution in [0.5, 0.6) is 5.75 Å². The minimum atomic E-state index is -0.521. The van der Waals surface area contributed by atoms with E-state index >= 15 is 0 Å². The smallest absolute Gasteiger partial charge is 0.225 e. The SMILES string of the molecule is Cc1ccc(OCC(O)CN2CCC(C(=O)N(C)C)CC2)c(C)c1. The molecule has 1 fully saturated rings. The molecule has 1 aliphatic rings. The Morgan fingerprint density at radius 2 is 2.00 bits per heavy atom. The van der Waals surface area contributed by atoms with Gasteiger partial charge < -0.3 is 19.6 Å². The Bertz CT molecular complexity index is 552. The first-order valence-electron chi connectivity index (χ1n) is 8.68. The maximum absolute atomic E-state index is 12.0. The molecule has 0 radical (unpaired) electrons. The van der Waals surface area contributed by atoms with Gasteiger partial charge in [0, 0.05) is 26.6 Å². The number of aryl methyl sites for hydroxylation is 2. The van der Waals surface area contributed by atoms with Crippen molar-refractivity contribution in [3.8, 4) is 5.75 Å². The van der Waals surface area contributed by atoms with Gasteiger partial charge in [0.15, 0.2) is 0 Å². The van der Waals surface area contributed by atoms with Crippen LogP contribution in [0, 0.1) is 19.8 Å². The number of benzene rings is 1. The number of likely N-dealkylation sites (tertiary alicyclic amines) is 1. The summed E-state index contributed by atoms with van der Waals surface area (Å²) in [5.41, 5.74) is 2.29. The zero-order valence-corrected chi connectivity index (χ0v) is 15.3. The van der Waals surface area contributed by atoms with E-state index in [0.29, 0.717) is 13.2 Å². The molecule has 0 aliphatic carbocycles. The molecule has 2 rings (SSSR count). The van der Waals surface area contributed by atoms with E-state index < -0.39 is 6.10 Å². The van der Waals surface area contributed by atoms with Gasteiger partial charge in [-0.15, -0.1) is 0 Å². The Morgan fingerprint density at radius 3 is 2.58 bits per heavy atom. The van der Waals surface area contributed by atoms with E-state index in [2.05, 4.69) is 17.9 Å². The number of aliphatic hydroxyl groups is 1. The largest absolute Gasteiger partial charge is 0.491 e. The fourth-order valence-corrected chi connectivity index (χ4v) is 3.23. The van der Waals surface area contributed by atoms with Crippen LogP contribution in [0.25, 0.3) is 0 Å². The first-order valence-corrected chi connectivity index (χ1v) is 8.68. The molecule has 5 nitrogen and oxygen atoms in total. The second-order valence-corrected chi connectivity index (χ2v) is 7.04. The third kappa shape index (κ3) is 5.21. The molecule has 1 amide bonds. The number of amides is 1. The van der Waals surface area contributed by atoms with Crippen LogP contribution in [0.2, 0.25) is 0 Å². The van der Waals surface area contributed by atoms with Gasteiger partial charge in [-0.05, 0) is 51.4 Å². The number of carbonyl (C=O) groups excluding carboxylic acids is 1. The lowest BCUT2D eigenvalue weighted by atomic mass is 9.95. The minimum absolute atomic E-state index is 0.125. The van der Waals surface area contributed by atoms with Crippen LogP contribution in [0.4, 0.5) is 0 Å². The van der Waals surface area contributed by atoms with Crippen LogP contribution in [-0.4, -0.2) is 67.3 Å².